The number of ether oxygens (including phenoxy) is 2. The Kier molecular flexibility index (Phi) is 5.27. The van der Waals surface area contributed by atoms with E-state index in [9.17, 15) is 9.59 Å². The molecule has 4 rings (SSSR count). The van der Waals surface area contributed by atoms with Gasteiger partial charge in [-0.15, -0.1) is 0 Å². The Morgan fingerprint density at radius 2 is 1.29 bits per heavy atom. The van der Waals surface area contributed by atoms with Gasteiger partial charge in [0, 0.05) is 47.4 Å². The largest absolute Gasteiger partial charge is 0.454 e. The van der Waals surface area contributed by atoms with Crippen molar-refractivity contribution in [3.05, 3.63) is 56.5 Å². The van der Waals surface area contributed by atoms with Crippen LogP contribution in [0, 0.1) is 0 Å². The Morgan fingerprint density at radius 1 is 0.750 bits per heavy atom. The van der Waals surface area contributed by atoms with Gasteiger partial charge in [-0.25, -0.2) is 0 Å². The summed E-state index contributed by atoms with van der Waals surface area (Å²) in [6.45, 7) is 1.72. The van der Waals surface area contributed by atoms with E-state index in [1.807, 2.05) is 0 Å². The Balaban J connectivity index is 1.43. The molecule has 0 aliphatic carbocycles. The fraction of sp³-hybridized carbons (Fsp3) is 0.263. The third kappa shape index (κ3) is 3.72. The zero-order valence-electron chi connectivity index (χ0n) is 14.6. The first-order valence-electron chi connectivity index (χ1n) is 8.56. The lowest BCUT2D eigenvalue weighted by molar-refractivity contribution is 0.0535. The molecule has 2 amide bonds. The van der Waals surface area contributed by atoms with Crippen LogP contribution >= 0.6 is 34.8 Å². The topological polar surface area (TPSA) is 59.1 Å². The fourth-order valence-electron chi connectivity index (χ4n) is 3.25. The molecule has 6 nitrogen and oxygen atoms in total. The summed E-state index contributed by atoms with van der Waals surface area (Å²) >= 11 is 18.1. The van der Waals surface area contributed by atoms with E-state index >= 15 is 0 Å². The van der Waals surface area contributed by atoms with Crippen molar-refractivity contribution in [2.45, 2.75) is 0 Å². The van der Waals surface area contributed by atoms with E-state index in [1.54, 1.807) is 40.1 Å². The molecule has 2 aromatic carbocycles. The van der Waals surface area contributed by atoms with E-state index in [-0.39, 0.29) is 18.6 Å². The van der Waals surface area contributed by atoms with E-state index in [2.05, 4.69) is 0 Å². The second kappa shape index (κ2) is 7.70. The van der Waals surface area contributed by atoms with Gasteiger partial charge in [0.2, 0.25) is 6.79 Å². The van der Waals surface area contributed by atoms with E-state index < -0.39 is 0 Å². The van der Waals surface area contributed by atoms with Crippen LogP contribution in [0.5, 0.6) is 11.5 Å². The van der Waals surface area contributed by atoms with Gasteiger partial charge in [-0.05, 0) is 30.3 Å². The molecule has 0 N–H and O–H groups in total. The van der Waals surface area contributed by atoms with Crippen molar-refractivity contribution in [2.75, 3.05) is 33.0 Å². The molecule has 0 radical (unpaired) electrons. The fourth-order valence-corrected chi connectivity index (χ4v) is 4.04. The number of benzene rings is 2. The second-order valence-electron chi connectivity index (χ2n) is 6.43. The third-order valence-electron chi connectivity index (χ3n) is 4.64. The van der Waals surface area contributed by atoms with Gasteiger partial charge >= 0.3 is 0 Å². The minimum Gasteiger partial charge on any atom is -0.454 e. The Hall–Kier alpha value is -2.15. The number of piperazine rings is 1. The summed E-state index contributed by atoms with van der Waals surface area (Å²) in [7, 11) is 0. The molecular weight excluding hydrogens is 427 g/mol. The van der Waals surface area contributed by atoms with Crippen molar-refractivity contribution in [3.8, 4) is 11.5 Å². The highest BCUT2D eigenvalue weighted by molar-refractivity contribution is 6.35. The highest BCUT2D eigenvalue weighted by Crippen LogP contribution is 2.40. The highest BCUT2D eigenvalue weighted by atomic mass is 35.5. The molecule has 0 bridgehead atoms. The van der Waals surface area contributed by atoms with Crippen molar-refractivity contribution in [1.82, 2.24) is 9.80 Å². The van der Waals surface area contributed by atoms with Gasteiger partial charge < -0.3 is 19.3 Å². The standard InChI is InChI=1S/C19H15Cl3N2O4/c20-13-5-11(6-14(21)9-13)18(25)23-1-3-24(4-2-23)19(26)12-7-15(22)17-16(8-12)27-10-28-17/h5-9H,1-4,10H2. The molecule has 2 aliphatic heterocycles. The molecule has 2 heterocycles. The summed E-state index contributed by atoms with van der Waals surface area (Å²) in [6, 6.07) is 7.95. The predicted octanol–water partition coefficient (Wildman–Crippen LogP) is 3.97. The predicted molar refractivity (Wildman–Crippen MR) is 106 cm³/mol. The van der Waals surface area contributed by atoms with Crippen LogP contribution in [0.2, 0.25) is 15.1 Å². The van der Waals surface area contributed by atoms with Gasteiger partial charge in [0.05, 0.1) is 5.02 Å². The summed E-state index contributed by atoms with van der Waals surface area (Å²) in [5, 5.41) is 1.15. The van der Waals surface area contributed by atoms with Crippen molar-refractivity contribution in [1.29, 1.82) is 0 Å². The molecule has 28 heavy (non-hydrogen) atoms. The molecule has 0 spiro atoms. The van der Waals surface area contributed by atoms with Crippen molar-refractivity contribution in [2.24, 2.45) is 0 Å². The molecule has 1 fully saturated rings. The molecule has 146 valence electrons. The molecule has 2 aliphatic rings. The molecule has 2 aromatic rings. The van der Waals surface area contributed by atoms with E-state index in [0.717, 1.165) is 0 Å². The number of hydrogen-bond acceptors (Lipinski definition) is 4. The number of rotatable bonds is 2. The van der Waals surface area contributed by atoms with Crippen molar-refractivity contribution < 1.29 is 19.1 Å². The number of carbonyl (C=O) groups excluding carboxylic acids is 2. The molecule has 0 atom stereocenters. The van der Waals surface area contributed by atoms with E-state index in [4.69, 9.17) is 44.3 Å². The van der Waals surface area contributed by atoms with Crippen LogP contribution in [-0.2, 0) is 0 Å². The summed E-state index contributed by atoms with van der Waals surface area (Å²) in [4.78, 5) is 28.9. The molecule has 1 saturated heterocycles. The Labute approximate surface area is 176 Å². The number of amides is 2. The molecular formula is C19H15Cl3N2O4. The summed E-state index contributed by atoms with van der Waals surface area (Å²) in [6.07, 6.45) is 0. The number of nitrogens with zero attached hydrogens (tertiary/aromatic N) is 2. The average molecular weight is 442 g/mol. The maximum Gasteiger partial charge on any atom is 0.254 e. The van der Waals surface area contributed by atoms with Crippen LogP contribution in [0.3, 0.4) is 0 Å². The van der Waals surface area contributed by atoms with Crippen molar-refractivity contribution in [3.63, 3.8) is 0 Å². The van der Waals surface area contributed by atoms with E-state index in [1.165, 1.54) is 0 Å². The lowest BCUT2D eigenvalue weighted by atomic mass is 10.1. The molecule has 0 unspecified atom stereocenters. The quantitative estimate of drug-likeness (QED) is 0.707. The zero-order valence-corrected chi connectivity index (χ0v) is 16.9. The van der Waals surface area contributed by atoms with Gasteiger partial charge in [0.1, 0.15) is 0 Å². The number of fused-ring (bicyclic) bond motifs is 1. The number of carbonyl (C=O) groups is 2. The van der Waals surface area contributed by atoms with Crippen LogP contribution in [-0.4, -0.2) is 54.6 Å². The van der Waals surface area contributed by atoms with Crippen LogP contribution in [0.1, 0.15) is 20.7 Å². The Morgan fingerprint density at radius 3 is 1.86 bits per heavy atom. The van der Waals surface area contributed by atoms with Crippen LogP contribution in [0.25, 0.3) is 0 Å². The smallest absolute Gasteiger partial charge is 0.254 e. The minimum absolute atomic E-state index is 0.0843. The minimum atomic E-state index is -0.168. The molecule has 9 heteroatoms. The number of hydrogen-bond donors (Lipinski definition) is 0. The summed E-state index contributed by atoms with van der Waals surface area (Å²) in [5.41, 5.74) is 0.857. The molecule has 0 aromatic heterocycles. The maximum atomic E-state index is 12.8. The monoisotopic (exact) mass is 440 g/mol. The third-order valence-corrected chi connectivity index (χ3v) is 5.35. The average Bonchev–Trinajstić information content (AvgIpc) is 3.15. The van der Waals surface area contributed by atoms with Gasteiger partial charge in [-0.3, -0.25) is 9.59 Å². The van der Waals surface area contributed by atoms with Gasteiger partial charge in [-0.1, -0.05) is 34.8 Å². The normalized spacial score (nSPS) is 15.7. The van der Waals surface area contributed by atoms with E-state index in [0.29, 0.717) is 63.9 Å². The second-order valence-corrected chi connectivity index (χ2v) is 7.71. The lowest BCUT2D eigenvalue weighted by Crippen LogP contribution is -2.50. The first-order valence-corrected chi connectivity index (χ1v) is 9.69. The SMILES string of the molecule is O=C(c1cc(Cl)cc(Cl)c1)N1CCN(C(=O)c2cc(Cl)c3c(c2)OCO3)CC1. The zero-order chi connectivity index (χ0) is 19.8. The Bertz CT molecular complexity index is 938. The van der Waals surface area contributed by atoms with Gasteiger partial charge in [-0.2, -0.15) is 0 Å². The molecule has 0 saturated carbocycles. The summed E-state index contributed by atoms with van der Waals surface area (Å²) < 4.78 is 10.6. The van der Waals surface area contributed by atoms with Crippen molar-refractivity contribution >= 4 is 46.6 Å². The van der Waals surface area contributed by atoms with Gasteiger partial charge in [0.15, 0.2) is 11.5 Å². The first kappa shape index (κ1) is 19.2. The van der Waals surface area contributed by atoms with Crippen LogP contribution < -0.4 is 9.47 Å². The lowest BCUT2D eigenvalue weighted by Gasteiger charge is -2.35. The van der Waals surface area contributed by atoms with Gasteiger partial charge in [0.25, 0.3) is 11.8 Å². The van der Waals surface area contributed by atoms with Crippen LogP contribution in [0.15, 0.2) is 30.3 Å². The summed E-state index contributed by atoms with van der Waals surface area (Å²) in [5.74, 6) is 0.581. The number of halogens is 3. The maximum absolute atomic E-state index is 12.8. The van der Waals surface area contributed by atoms with Crippen LogP contribution in [0.4, 0.5) is 0 Å². The highest BCUT2D eigenvalue weighted by Gasteiger charge is 2.28. The first-order chi connectivity index (χ1) is 13.4.